The van der Waals surface area contributed by atoms with Crippen molar-refractivity contribution in [1.29, 1.82) is 0 Å². The molecule has 0 spiro atoms. The van der Waals surface area contributed by atoms with E-state index in [9.17, 15) is 4.79 Å². The molecule has 3 aromatic heterocycles. The van der Waals surface area contributed by atoms with Crippen LogP contribution in [0.2, 0.25) is 4.47 Å². The summed E-state index contributed by atoms with van der Waals surface area (Å²) in [4.78, 5) is 28.3. The fourth-order valence-corrected chi connectivity index (χ4v) is 5.72. The van der Waals surface area contributed by atoms with Gasteiger partial charge in [-0.3, -0.25) is 9.69 Å². The van der Waals surface area contributed by atoms with Crippen LogP contribution in [-0.4, -0.2) is 31.0 Å². The highest BCUT2D eigenvalue weighted by atomic mass is 35.5. The number of nitrogens with zero attached hydrogens (tertiary/aromatic N) is 4. The summed E-state index contributed by atoms with van der Waals surface area (Å²) in [6, 6.07) is 15.8. The van der Waals surface area contributed by atoms with E-state index in [2.05, 4.69) is 49.9 Å². The maximum atomic E-state index is 13.0. The summed E-state index contributed by atoms with van der Waals surface area (Å²) in [7, 11) is 0. The van der Waals surface area contributed by atoms with E-state index < -0.39 is 0 Å². The molecule has 0 atom stereocenters. The van der Waals surface area contributed by atoms with Gasteiger partial charge in [-0.25, -0.2) is 9.97 Å². The highest BCUT2D eigenvalue weighted by molar-refractivity contribution is 7.15. The first-order valence-electron chi connectivity index (χ1n) is 11.4. The van der Waals surface area contributed by atoms with Crippen molar-refractivity contribution in [3.05, 3.63) is 97.4 Å². The van der Waals surface area contributed by atoms with E-state index in [4.69, 9.17) is 22.3 Å². The van der Waals surface area contributed by atoms with Gasteiger partial charge in [0.2, 0.25) is 0 Å². The van der Waals surface area contributed by atoms with E-state index in [0.717, 1.165) is 47.8 Å². The fourth-order valence-electron chi connectivity index (χ4n) is 4.74. The monoisotopic (exact) mass is 502 g/mol. The van der Waals surface area contributed by atoms with Gasteiger partial charge >= 0.3 is 0 Å². The van der Waals surface area contributed by atoms with Crippen molar-refractivity contribution in [2.24, 2.45) is 0 Å². The number of nitrogens with two attached hydrogens (primary N) is 1. The number of nitrogen functional groups attached to an aromatic ring is 1. The Morgan fingerprint density at radius 1 is 1.11 bits per heavy atom. The van der Waals surface area contributed by atoms with E-state index in [-0.39, 0.29) is 5.56 Å². The normalized spacial score (nSPS) is 13.9. The Kier molecular flexibility index (Phi) is 5.64. The van der Waals surface area contributed by atoms with Crippen LogP contribution in [0.1, 0.15) is 21.7 Å². The minimum Gasteiger partial charge on any atom is -0.399 e. The van der Waals surface area contributed by atoms with Gasteiger partial charge in [0.05, 0.1) is 17.8 Å². The van der Waals surface area contributed by atoms with Crippen LogP contribution in [0.25, 0.3) is 22.3 Å². The molecule has 0 bridgehead atoms. The van der Waals surface area contributed by atoms with Gasteiger partial charge < -0.3 is 15.3 Å². The smallest absolute Gasteiger partial charge is 0.255 e. The molecule has 5 aromatic rings. The number of nitrogens with one attached hydrogen (secondary N) is 1. The first-order chi connectivity index (χ1) is 17.0. The molecular weight excluding hydrogens is 480 g/mol. The average Bonchev–Trinajstić information content (AvgIpc) is 3.43. The molecule has 2 aromatic carbocycles. The highest BCUT2D eigenvalue weighted by Crippen LogP contribution is 2.27. The van der Waals surface area contributed by atoms with Crippen LogP contribution in [0.15, 0.2) is 65.7 Å². The van der Waals surface area contributed by atoms with Crippen molar-refractivity contribution in [3.63, 3.8) is 0 Å². The maximum Gasteiger partial charge on any atom is 0.255 e. The molecule has 1 aliphatic rings. The Balaban J connectivity index is 1.26. The van der Waals surface area contributed by atoms with E-state index in [1.54, 1.807) is 0 Å². The van der Waals surface area contributed by atoms with Crippen molar-refractivity contribution in [3.8, 4) is 11.4 Å². The standard InChI is InChI=1S/C26H23ClN6OS/c27-26-29-11-19(35-26)14-33-13-17(20-3-1-2-4-23(20)33)12-32-10-9-22-21(15-32)25(34)31-24(30-22)16-5-7-18(28)8-6-16/h1-8,11,13H,9-10,12,14-15,28H2,(H,30,31,34). The summed E-state index contributed by atoms with van der Waals surface area (Å²) >= 11 is 7.54. The van der Waals surface area contributed by atoms with Gasteiger partial charge in [-0.1, -0.05) is 29.8 Å². The third kappa shape index (κ3) is 4.36. The zero-order valence-electron chi connectivity index (χ0n) is 18.9. The van der Waals surface area contributed by atoms with E-state index in [0.29, 0.717) is 22.5 Å². The Morgan fingerprint density at radius 3 is 2.74 bits per heavy atom. The first kappa shape index (κ1) is 22.0. The van der Waals surface area contributed by atoms with Gasteiger partial charge in [-0.05, 0) is 35.9 Å². The van der Waals surface area contributed by atoms with Crippen LogP contribution in [0.5, 0.6) is 0 Å². The number of halogens is 1. The summed E-state index contributed by atoms with van der Waals surface area (Å²) in [6.45, 7) is 2.90. The lowest BCUT2D eigenvalue weighted by molar-refractivity contribution is 0.242. The number of anilines is 1. The number of aromatic amines is 1. The number of H-pyrrole nitrogens is 1. The van der Waals surface area contributed by atoms with E-state index in [1.165, 1.54) is 27.8 Å². The third-order valence-electron chi connectivity index (χ3n) is 6.45. The lowest BCUT2D eigenvalue weighted by atomic mass is 10.0. The minimum atomic E-state index is -0.0731. The number of hydrogen-bond acceptors (Lipinski definition) is 6. The number of hydrogen-bond donors (Lipinski definition) is 2. The molecule has 3 N–H and O–H groups in total. The molecule has 1 aliphatic heterocycles. The second-order valence-electron chi connectivity index (χ2n) is 8.80. The van der Waals surface area contributed by atoms with Gasteiger partial charge in [0.1, 0.15) is 5.82 Å². The van der Waals surface area contributed by atoms with E-state index >= 15 is 0 Å². The zero-order valence-corrected chi connectivity index (χ0v) is 20.4. The SMILES string of the molecule is Nc1ccc(-c2nc3c(c(=O)[nH]2)CN(Cc2cn(Cc4cnc(Cl)s4)c4ccccc24)CC3)cc1. The molecule has 6 rings (SSSR count). The molecular formula is C26H23ClN6OS. The van der Waals surface area contributed by atoms with Gasteiger partial charge in [-0.2, -0.15) is 0 Å². The summed E-state index contributed by atoms with van der Waals surface area (Å²) in [5.74, 6) is 0.591. The summed E-state index contributed by atoms with van der Waals surface area (Å²) in [5, 5.41) is 1.22. The molecule has 0 saturated heterocycles. The molecule has 0 aliphatic carbocycles. The van der Waals surface area contributed by atoms with Crippen molar-refractivity contribution in [2.75, 3.05) is 12.3 Å². The molecule has 0 radical (unpaired) electrons. The van der Waals surface area contributed by atoms with Crippen LogP contribution >= 0.6 is 22.9 Å². The number of aromatic nitrogens is 4. The number of thiazole rings is 1. The molecule has 4 heterocycles. The zero-order chi connectivity index (χ0) is 23.9. The Morgan fingerprint density at radius 2 is 1.94 bits per heavy atom. The summed E-state index contributed by atoms with van der Waals surface area (Å²) in [6.07, 6.45) is 4.78. The Hall–Kier alpha value is -3.46. The van der Waals surface area contributed by atoms with Gasteiger partial charge in [-0.15, -0.1) is 11.3 Å². The molecule has 35 heavy (non-hydrogen) atoms. The molecule has 0 fully saturated rings. The maximum absolute atomic E-state index is 13.0. The lowest BCUT2D eigenvalue weighted by Crippen LogP contribution is -2.35. The minimum absolute atomic E-state index is 0.0731. The van der Waals surface area contributed by atoms with Gasteiger partial charge in [0.25, 0.3) is 5.56 Å². The Labute approximate surface area is 210 Å². The predicted molar refractivity (Wildman–Crippen MR) is 141 cm³/mol. The highest BCUT2D eigenvalue weighted by Gasteiger charge is 2.23. The predicted octanol–water partition coefficient (Wildman–Crippen LogP) is 4.69. The quantitative estimate of drug-likeness (QED) is 0.340. The lowest BCUT2D eigenvalue weighted by Gasteiger charge is -2.27. The van der Waals surface area contributed by atoms with Crippen molar-refractivity contribution in [2.45, 2.75) is 26.1 Å². The number of rotatable bonds is 5. The number of benzene rings is 2. The van der Waals surface area contributed by atoms with Crippen LogP contribution in [-0.2, 0) is 26.1 Å². The molecule has 0 amide bonds. The molecule has 9 heteroatoms. The molecule has 176 valence electrons. The van der Waals surface area contributed by atoms with Gasteiger partial charge in [0, 0.05) is 65.5 Å². The molecule has 0 saturated carbocycles. The average molecular weight is 503 g/mol. The Bertz CT molecular complexity index is 1590. The second-order valence-corrected chi connectivity index (χ2v) is 10.5. The van der Waals surface area contributed by atoms with Crippen LogP contribution in [0, 0.1) is 0 Å². The fraction of sp³-hybridized carbons (Fsp3) is 0.192. The van der Waals surface area contributed by atoms with Crippen LogP contribution in [0.3, 0.4) is 0 Å². The van der Waals surface area contributed by atoms with Crippen LogP contribution < -0.4 is 11.3 Å². The first-order valence-corrected chi connectivity index (χ1v) is 12.6. The van der Waals surface area contributed by atoms with Crippen molar-refractivity contribution in [1.82, 2.24) is 24.4 Å². The molecule has 7 nitrogen and oxygen atoms in total. The summed E-state index contributed by atoms with van der Waals surface area (Å²) in [5.41, 5.74) is 11.3. The largest absolute Gasteiger partial charge is 0.399 e. The van der Waals surface area contributed by atoms with Crippen molar-refractivity contribution < 1.29 is 0 Å². The second kappa shape index (κ2) is 8.96. The van der Waals surface area contributed by atoms with E-state index in [1.807, 2.05) is 30.5 Å². The molecule has 0 unspecified atom stereocenters. The number of fused-ring (bicyclic) bond motifs is 2. The summed E-state index contributed by atoms with van der Waals surface area (Å²) < 4.78 is 2.81. The number of para-hydroxylation sites is 1. The van der Waals surface area contributed by atoms with Gasteiger partial charge in [0.15, 0.2) is 4.47 Å². The topological polar surface area (TPSA) is 92.8 Å². The van der Waals surface area contributed by atoms with Crippen LogP contribution in [0.4, 0.5) is 5.69 Å². The van der Waals surface area contributed by atoms with Crippen molar-refractivity contribution >= 4 is 39.5 Å². The third-order valence-corrected chi connectivity index (χ3v) is 7.55.